The highest BCUT2D eigenvalue weighted by Crippen LogP contribution is 2.40. The number of hydrogen-bond donors (Lipinski definition) is 8. The van der Waals surface area contributed by atoms with Gasteiger partial charge in [0.25, 0.3) is 0 Å². The minimum atomic E-state index is 0.141. The van der Waals surface area contributed by atoms with Gasteiger partial charge in [0, 0.05) is 190 Å². The molecule has 0 aliphatic carbocycles. The first-order valence-corrected chi connectivity index (χ1v) is 59.5. The van der Waals surface area contributed by atoms with Crippen molar-refractivity contribution in [3.05, 3.63) is 254 Å². The summed E-state index contributed by atoms with van der Waals surface area (Å²) >= 11 is 60.0. The number of benzene rings is 8. The van der Waals surface area contributed by atoms with E-state index < -0.39 is 0 Å². The molecule has 150 heavy (non-hydrogen) atoms. The third-order valence-corrected chi connectivity index (χ3v) is 34.0. The Morgan fingerprint density at radius 1 is 0.373 bits per heavy atom. The maximum absolute atomic E-state index is 11.7. The Morgan fingerprint density at radius 2 is 0.707 bits per heavy atom. The lowest BCUT2D eigenvalue weighted by atomic mass is 9.95. The number of likely N-dealkylation sites (tertiary alicyclic amines) is 6. The monoisotopic (exact) mass is 2400 g/mol. The van der Waals surface area contributed by atoms with Crippen LogP contribution < -0.4 is 38.9 Å². The van der Waals surface area contributed by atoms with Crippen LogP contribution in [0.5, 0.6) is 0 Å². The second kappa shape index (κ2) is 63.7. The Balaban J connectivity index is 0.000000167. The molecular formula is C114H157Br3Cl8N22O3. The minimum absolute atomic E-state index is 0.141. The van der Waals surface area contributed by atoms with Crippen LogP contribution in [-0.2, 0) is 62.8 Å². The van der Waals surface area contributed by atoms with Crippen LogP contribution in [0.4, 0.5) is 0 Å². The molecule has 8 aromatic carbocycles. The Morgan fingerprint density at radius 3 is 1.00 bits per heavy atom. The van der Waals surface area contributed by atoms with Crippen molar-refractivity contribution in [2.75, 3.05) is 166 Å². The number of aromatic nitrogens is 8. The van der Waals surface area contributed by atoms with Crippen LogP contribution in [0, 0.1) is 0 Å². The van der Waals surface area contributed by atoms with Crippen molar-refractivity contribution in [2.45, 2.75) is 215 Å². The highest BCUT2D eigenvalue weighted by Gasteiger charge is 2.32. The van der Waals surface area contributed by atoms with Gasteiger partial charge >= 0.3 is 0 Å². The third-order valence-electron chi connectivity index (χ3n) is 29.1. The number of carbonyl (C=O) groups is 3. The van der Waals surface area contributed by atoms with E-state index in [2.05, 4.69) is 246 Å². The van der Waals surface area contributed by atoms with Crippen LogP contribution in [0.15, 0.2) is 146 Å². The molecule has 2 atom stereocenters. The summed E-state index contributed by atoms with van der Waals surface area (Å²) in [5, 5.41) is 16.6. The average Bonchev–Trinajstić information content (AvgIpc) is 1.63. The van der Waals surface area contributed by atoms with Gasteiger partial charge in [-0.3, -0.25) is 14.4 Å². The number of piperidine rings is 6. The number of H-pyrrole nitrogens is 1. The first-order chi connectivity index (χ1) is 72.2. The molecule has 4 aromatic heterocycles. The van der Waals surface area contributed by atoms with Gasteiger partial charge in [0.1, 0.15) is 23.3 Å². The number of alkyl halides is 3. The van der Waals surface area contributed by atoms with Gasteiger partial charge in [0.15, 0.2) is 0 Å². The third kappa shape index (κ3) is 37.8. The Bertz CT molecular complexity index is 5880. The fraction of sp³-hybridized carbons (Fsp3) is 0.518. The molecule has 0 spiro atoms. The topological polar surface area (TPSA) is 296 Å². The van der Waals surface area contributed by atoms with E-state index >= 15 is 0 Å². The highest BCUT2D eigenvalue weighted by molar-refractivity contribution is 9.09. The van der Waals surface area contributed by atoms with Gasteiger partial charge in [0.05, 0.1) is 84.3 Å². The molecular weight excluding hydrogens is 2250 g/mol. The van der Waals surface area contributed by atoms with Gasteiger partial charge < -0.3 is 91.9 Å². The summed E-state index contributed by atoms with van der Waals surface area (Å²) in [6.07, 6.45) is 17.3. The molecule has 12 heterocycles. The maximum atomic E-state index is 11.7. The first-order valence-electron chi connectivity index (χ1n) is 53.1. The summed E-state index contributed by atoms with van der Waals surface area (Å²) in [5.41, 5.74) is 39.7. The number of imidazole rings is 4. The summed E-state index contributed by atoms with van der Waals surface area (Å²) in [7, 11) is 10.4. The number of aryl methyl sites for hydroxylation is 2. The van der Waals surface area contributed by atoms with E-state index in [0.29, 0.717) is 82.0 Å². The number of halogens is 11. The fourth-order valence-electron chi connectivity index (χ4n) is 19.7. The van der Waals surface area contributed by atoms with Gasteiger partial charge in [-0.05, 0) is 270 Å². The highest BCUT2D eigenvalue weighted by atomic mass is 79.9. The van der Waals surface area contributed by atoms with E-state index in [9.17, 15) is 14.4 Å². The van der Waals surface area contributed by atoms with Gasteiger partial charge in [-0.25, -0.2) is 19.9 Å². The van der Waals surface area contributed by atoms with Crippen molar-refractivity contribution in [1.82, 2.24) is 88.9 Å². The number of fused-ring (bicyclic) bond motifs is 4. The number of nitrogens with zero attached hydrogens (tertiary/aromatic N) is 14. The Hall–Kier alpha value is -6.63. The average molecular weight is 2410 g/mol. The molecule has 8 saturated heterocycles. The molecule has 20 rings (SSSR count). The molecule has 8 fully saturated rings. The largest absolute Gasteiger partial charge is 0.343 e. The molecule has 12 N–H and O–H groups in total. The van der Waals surface area contributed by atoms with E-state index in [1.807, 2.05) is 58.1 Å². The molecule has 36 heteroatoms. The smallest absolute Gasteiger partial charge is 0.219 e. The Labute approximate surface area is 954 Å². The number of hydrogen-bond acceptors (Lipinski definition) is 18. The van der Waals surface area contributed by atoms with E-state index in [4.69, 9.17) is 131 Å². The van der Waals surface area contributed by atoms with Crippen molar-refractivity contribution in [3.63, 3.8) is 0 Å². The fourth-order valence-corrected chi connectivity index (χ4v) is 22.1. The lowest BCUT2D eigenvalue weighted by molar-refractivity contribution is -0.130. The van der Waals surface area contributed by atoms with Crippen LogP contribution in [0.3, 0.4) is 0 Å². The van der Waals surface area contributed by atoms with E-state index in [0.717, 1.165) is 259 Å². The second-order valence-electron chi connectivity index (χ2n) is 40.3. The normalized spacial score (nSPS) is 17.8. The lowest BCUT2D eigenvalue weighted by Crippen LogP contribution is -2.40. The zero-order valence-corrected chi connectivity index (χ0v) is 99.9. The van der Waals surface area contributed by atoms with E-state index in [1.54, 1.807) is 32.9 Å². The number of aromatic amines is 1. The molecule has 3 amide bonds. The van der Waals surface area contributed by atoms with Gasteiger partial charge in [-0.1, -0.05) is 252 Å². The molecule has 8 aliphatic rings. The SMILES string of the molecule is BrCc1ccc(CBr)cc1.CC(=O)N1CCC(c2nc3cc(Cl)c(Cl)cc3[nH]2)CC1.CC(=O)N1CCC(c2nc3cc(Cl)c(Cl)cc3n2Cc2ccc(CBr)cc2)CC1.CCc1ccc(Cn2c(C3CCN(C(C)=O)CC3)nc3cc(Cl)c(Cl)cc32)cc1.CCc1ccc(Cn2c(C3CCNCC3)nc3cc(Cl)c(Cl)cc32)cc1.CN1CCC(N)CC1.CN1CCCC(N)C1.CN1CCC[C@H]1CN.CN1CCNCC1.CNCCN. The van der Waals surface area contributed by atoms with Crippen LogP contribution in [0.2, 0.25) is 40.2 Å². The number of piperazine rings is 1. The van der Waals surface area contributed by atoms with Crippen molar-refractivity contribution in [1.29, 1.82) is 0 Å². The lowest BCUT2D eigenvalue weighted by Gasteiger charge is -2.31. The first kappa shape index (κ1) is 124. The maximum Gasteiger partial charge on any atom is 0.219 e. The minimum Gasteiger partial charge on any atom is -0.343 e. The molecule has 0 radical (unpaired) electrons. The summed E-state index contributed by atoms with van der Waals surface area (Å²) < 4.78 is 6.86. The number of likely N-dealkylation sites (N-methyl/N-ethyl adjacent to an activating group) is 4. The zero-order chi connectivity index (χ0) is 108. The predicted molar refractivity (Wildman–Crippen MR) is 640 cm³/mol. The van der Waals surface area contributed by atoms with Crippen molar-refractivity contribution in [3.8, 4) is 0 Å². The molecule has 818 valence electrons. The second-order valence-corrected chi connectivity index (χ2v) is 45.3. The zero-order valence-electron chi connectivity index (χ0n) is 89.0. The van der Waals surface area contributed by atoms with Gasteiger partial charge in [0.2, 0.25) is 17.7 Å². The van der Waals surface area contributed by atoms with Crippen molar-refractivity contribution >= 4 is 202 Å². The summed E-state index contributed by atoms with van der Waals surface area (Å²) in [4.78, 5) is 72.5. The molecule has 8 aliphatic heterocycles. The predicted octanol–water partition coefficient (Wildman–Crippen LogP) is 23.0. The van der Waals surface area contributed by atoms with Crippen LogP contribution in [0.25, 0.3) is 44.1 Å². The van der Waals surface area contributed by atoms with Gasteiger partial charge in [-0.15, -0.1) is 0 Å². The molecule has 1 unspecified atom stereocenters. The number of carbonyl (C=O) groups excluding carboxylic acids is 3. The molecule has 0 bridgehead atoms. The standard InChI is InChI=1S/C23H25Cl2N3O.C22H22BrCl2N3O.C21H23Cl2N3.C14H15Cl2N3O.C8H8Br2.3C6H14N2.C5H12N2.C3H10N2/c1-3-16-4-6-17(7-5-16)14-28-22-13-20(25)19(24)12-21(22)26-23(28)18-8-10-27(11-9-18)15(2)29;1-14(29)27-8-6-17(7-9-27)22-26-20-10-18(24)19(25)11-21(20)28(22)13-16-4-2-15(12-23)3-5-16;1-2-14-3-5-15(6-4-14)13-26-20-12-18(23)17(22)11-19(20)25-21(26)16-7-9-24-10-8-16;1-8(20)19-4-2-9(3-5-19)14-17-12-6-10(15)11(16)7-13(12)18-14;9-5-7-1-2-8(6-10)4-3-7;1-8-4-2-6(7)3-5-8;1-8-4-2-3-6(7)5-8;1-8-4-2-3-6(8)5-7;1-7-4-2-6-3-5-7;1-5-3-2-4/h4-7,12-13,18H,3,8-11,14H2,1-2H3;2-5,10-11,17H,6-9,12-13H2,1H3;3-6,11-12,16,24H,2,7-10,13H2,1H3;6-7,9H,2-5H2,1H3,(H,17,18);1-4H,5-6H2;3*6H,2-5,7H2,1H3;6H,2-5H2,1H3;5H,2-4H2,1H3/t;;;;;;;6-;;/m.......0../s1. The van der Waals surface area contributed by atoms with Crippen molar-refractivity contribution in [2.24, 2.45) is 22.9 Å². The number of rotatable bonds is 18. The van der Waals surface area contributed by atoms with E-state index in [-0.39, 0.29) is 17.7 Å². The quantitative estimate of drug-likeness (QED) is 0.0370. The summed E-state index contributed by atoms with van der Waals surface area (Å²) in [6.45, 7) is 31.4. The summed E-state index contributed by atoms with van der Waals surface area (Å²) in [6, 6.07) is 51.2. The van der Waals surface area contributed by atoms with Gasteiger partial charge in [-0.2, -0.15) is 0 Å². The van der Waals surface area contributed by atoms with Crippen LogP contribution in [0.1, 0.15) is 216 Å². The van der Waals surface area contributed by atoms with E-state index in [1.165, 1.54) is 122 Å². The number of amides is 3. The number of nitrogens with two attached hydrogens (primary N) is 4. The summed E-state index contributed by atoms with van der Waals surface area (Å²) in [5.74, 6) is 6.09. The Kier molecular flexibility index (Phi) is 52.5. The number of nitrogens with one attached hydrogen (secondary N) is 4. The van der Waals surface area contributed by atoms with Crippen LogP contribution in [-0.4, -0.2) is 275 Å². The molecule has 12 aromatic rings. The van der Waals surface area contributed by atoms with Crippen molar-refractivity contribution < 1.29 is 14.4 Å². The molecule has 0 saturated carbocycles. The van der Waals surface area contributed by atoms with Crippen LogP contribution >= 0.6 is 141 Å². The molecule has 25 nitrogen and oxygen atoms in total.